The second-order valence-corrected chi connectivity index (χ2v) is 8.07. The summed E-state index contributed by atoms with van der Waals surface area (Å²) in [6, 6.07) is 18.5. The summed E-state index contributed by atoms with van der Waals surface area (Å²) in [5, 5.41) is 2.59. The van der Waals surface area contributed by atoms with Crippen LogP contribution in [0.2, 0.25) is 0 Å². The van der Waals surface area contributed by atoms with Crippen molar-refractivity contribution in [2.45, 2.75) is 10.6 Å². The Hall–Kier alpha value is -3.19. The second-order valence-electron chi connectivity index (χ2n) is 6.08. The van der Waals surface area contributed by atoms with Crippen molar-refractivity contribution < 1.29 is 22.3 Å². The summed E-state index contributed by atoms with van der Waals surface area (Å²) >= 11 is 0. The van der Waals surface area contributed by atoms with E-state index in [4.69, 9.17) is 4.74 Å². The lowest BCUT2D eigenvalue weighted by Crippen LogP contribution is -2.13. The molecule has 0 heterocycles. The molecule has 3 aromatic carbocycles. The Balaban J connectivity index is 1.77. The minimum atomic E-state index is -3.52. The number of ether oxygens (including phenoxy) is 1. The van der Waals surface area contributed by atoms with Crippen LogP contribution in [0.4, 0.5) is 10.1 Å². The lowest BCUT2D eigenvalue weighted by Gasteiger charge is -2.09. The van der Waals surface area contributed by atoms with E-state index in [0.29, 0.717) is 5.56 Å². The summed E-state index contributed by atoms with van der Waals surface area (Å²) in [5.74, 6) is -1.22. The quantitative estimate of drug-likeness (QED) is 0.678. The molecule has 0 fully saturated rings. The summed E-state index contributed by atoms with van der Waals surface area (Å²) in [6.45, 7) is 0. The predicted molar refractivity (Wildman–Crippen MR) is 105 cm³/mol. The van der Waals surface area contributed by atoms with Gasteiger partial charge in [-0.15, -0.1) is 0 Å². The molecule has 0 aliphatic heterocycles. The lowest BCUT2D eigenvalue weighted by atomic mass is 10.1. The fourth-order valence-electron chi connectivity index (χ4n) is 2.68. The van der Waals surface area contributed by atoms with Gasteiger partial charge in [0.2, 0.25) is 0 Å². The number of carbonyl (C=O) groups is 1. The van der Waals surface area contributed by atoms with Gasteiger partial charge in [0.1, 0.15) is 0 Å². The zero-order valence-electron chi connectivity index (χ0n) is 15.1. The van der Waals surface area contributed by atoms with Gasteiger partial charge in [-0.2, -0.15) is 0 Å². The zero-order valence-corrected chi connectivity index (χ0v) is 15.9. The Morgan fingerprint density at radius 2 is 1.75 bits per heavy atom. The minimum Gasteiger partial charge on any atom is -0.494 e. The van der Waals surface area contributed by atoms with Crippen LogP contribution >= 0.6 is 0 Å². The Labute approximate surface area is 162 Å². The van der Waals surface area contributed by atoms with Gasteiger partial charge in [-0.3, -0.25) is 4.79 Å². The van der Waals surface area contributed by atoms with Crippen molar-refractivity contribution in [3.63, 3.8) is 0 Å². The summed E-state index contributed by atoms with van der Waals surface area (Å²) in [5.41, 5.74) is 1.03. The minimum absolute atomic E-state index is 0.0751. The van der Waals surface area contributed by atoms with Crippen LogP contribution in [0.1, 0.15) is 15.9 Å². The first-order chi connectivity index (χ1) is 13.4. The predicted octanol–water partition coefficient (Wildman–Crippen LogP) is 4.06. The van der Waals surface area contributed by atoms with Crippen molar-refractivity contribution in [3.8, 4) is 5.75 Å². The molecular formula is C21H18FNO4S. The Bertz CT molecular complexity index is 1100. The van der Waals surface area contributed by atoms with Crippen molar-refractivity contribution in [1.29, 1.82) is 0 Å². The molecule has 3 aromatic rings. The average Bonchev–Trinajstić information content (AvgIpc) is 2.69. The highest BCUT2D eigenvalue weighted by atomic mass is 32.2. The Morgan fingerprint density at radius 3 is 2.43 bits per heavy atom. The molecule has 0 atom stereocenters. The Morgan fingerprint density at radius 1 is 1.00 bits per heavy atom. The first-order valence-electron chi connectivity index (χ1n) is 8.41. The number of benzene rings is 3. The number of hydrogen-bond donors (Lipinski definition) is 1. The molecule has 0 unspecified atom stereocenters. The molecule has 0 radical (unpaired) electrons. The molecule has 0 saturated heterocycles. The SMILES string of the molecule is COc1ccc(NC(=O)c2cccc(CS(=O)(=O)c3ccccc3)c2)cc1F. The first-order valence-corrected chi connectivity index (χ1v) is 10.1. The highest BCUT2D eigenvalue weighted by Gasteiger charge is 2.16. The fraction of sp³-hybridized carbons (Fsp3) is 0.0952. The van der Waals surface area contributed by atoms with Gasteiger partial charge < -0.3 is 10.1 Å². The van der Waals surface area contributed by atoms with E-state index in [-0.39, 0.29) is 27.6 Å². The van der Waals surface area contributed by atoms with Crippen molar-refractivity contribution >= 4 is 21.4 Å². The molecule has 0 aliphatic carbocycles. The van der Waals surface area contributed by atoms with E-state index >= 15 is 0 Å². The molecule has 1 amide bonds. The molecule has 0 spiro atoms. The zero-order chi connectivity index (χ0) is 20.1. The van der Waals surface area contributed by atoms with Crippen LogP contribution in [-0.2, 0) is 15.6 Å². The van der Waals surface area contributed by atoms with Gasteiger partial charge in [-0.05, 0) is 42.0 Å². The largest absolute Gasteiger partial charge is 0.494 e. The van der Waals surface area contributed by atoms with Crippen LogP contribution in [0.25, 0.3) is 0 Å². The summed E-state index contributed by atoms with van der Waals surface area (Å²) in [4.78, 5) is 12.7. The maximum atomic E-state index is 13.8. The van der Waals surface area contributed by atoms with Crippen LogP contribution in [-0.4, -0.2) is 21.4 Å². The molecule has 3 rings (SSSR count). The number of carbonyl (C=O) groups excluding carboxylic acids is 1. The monoisotopic (exact) mass is 399 g/mol. The number of halogens is 1. The van der Waals surface area contributed by atoms with Crippen molar-refractivity contribution in [2.24, 2.45) is 0 Å². The van der Waals surface area contributed by atoms with E-state index in [1.54, 1.807) is 36.4 Å². The second kappa shape index (κ2) is 8.22. The normalized spacial score (nSPS) is 11.1. The molecule has 144 valence electrons. The van der Waals surface area contributed by atoms with Gasteiger partial charge in [0.25, 0.3) is 5.91 Å². The molecular weight excluding hydrogens is 381 g/mol. The van der Waals surface area contributed by atoms with Gasteiger partial charge in [-0.25, -0.2) is 12.8 Å². The number of anilines is 1. The molecule has 1 N–H and O–H groups in total. The van der Waals surface area contributed by atoms with Crippen molar-refractivity contribution in [1.82, 2.24) is 0 Å². The topological polar surface area (TPSA) is 72.5 Å². The standard InChI is InChI=1S/C21H18FNO4S/c1-27-20-11-10-17(13-19(20)22)23-21(24)16-7-5-6-15(12-16)14-28(25,26)18-8-3-2-4-9-18/h2-13H,14H2,1H3,(H,23,24). The molecule has 0 bridgehead atoms. The number of nitrogens with one attached hydrogen (secondary N) is 1. The number of amides is 1. The van der Waals surface area contributed by atoms with E-state index in [1.807, 2.05) is 0 Å². The summed E-state index contributed by atoms with van der Waals surface area (Å²) in [6.07, 6.45) is 0. The van der Waals surface area contributed by atoms with Gasteiger partial charge >= 0.3 is 0 Å². The molecule has 5 nitrogen and oxygen atoms in total. The number of rotatable bonds is 6. The summed E-state index contributed by atoms with van der Waals surface area (Å²) < 4.78 is 43.7. The van der Waals surface area contributed by atoms with Gasteiger partial charge in [0, 0.05) is 17.3 Å². The van der Waals surface area contributed by atoms with Gasteiger partial charge in [-0.1, -0.05) is 30.3 Å². The molecule has 0 aliphatic rings. The number of methoxy groups -OCH3 is 1. The maximum absolute atomic E-state index is 13.8. The maximum Gasteiger partial charge on any atom is 0.255 e. The molecule has 7 heteroatoms. The van der Waals surface area contributed by atoms with Crippen LogP contribution in [0.5, 0.6) is 5.75 Å². The van der Waals surface area contributed by atoms with Crippen LogP contribution in [0.3, 0.4) is 0 Å². The highest BCUT2D eigenvalue weighted by molar-refractivity contribution is 7.90. The van der Waals surface area contributed by atoms with Gasteiger partial charge in [0.05, 0.1) is 17.8 Å². The van der Waals surface area contributed by atoms with E-state index in [2.05, 4.69) is 5.32 Å². The number of sulfone groups is 1. The van der Waals surface area contributed by atoms with E-state index in [0.717, 1.165) is 6.07 Å². The Kier molecular flexibility index (Phi) is 5.75. The van der Waals surface area contributed by atoms with Crippen LogP contribution < -0.4 is 10.1 Å². The van der Waals surface area contributed by atoms with Gasteiger partial charge in [0.15, 0.2) is 21.4 Å². The molecule has 28 heavy (non-hydrogen) atoms. The van der Waals surface area contributed by atoms with Crippen LogP contribution in [0, 0.1) is 5.82 Å². The highest BCUT2D eigenvalue weighted by Crippen LogP contribution is 2.22. The van der Waals surface area contributed by atoms with Crippen molar-refractivity contribution in [3.05, 3.63) is 89.7 Å². The number of hydrogen-bond acceptors (Lipinski definition) is 4. The third-order valence-corrected chi connectivity index (χ3v) is 5.76. The van der Waals surface area contributed by atoms with E-state index < -0.39 is 21.6 Å². The van der Waals surface area contributed by atoms with Crippen molar-refractivity contribution in [2.75, 3.05) is 12.4 Å². The van der Waals surface area contributed by atoms with E-state index in [9.17, 15) is 17.6 Å². The third kappa shape index (κ3) is 4.55. The van der Waals surface area contributed by atoms with E-state index in [1.165, 1.54) is 37.4 Å². The molecule has 0 saturated carbocycles. The lowest BCUT2D eigenvalue weighted by molar-refractivity contribution is 0.102. The first kappa shape index (κ1) is 19.6. The average molecular weight is 399 g/mol. The third-order valence-electron chi connectivity index (χ3n) is 4.06. The smallest absolute Gasteiger partial charge is 0.255 e. The fourth-order valence-corrected chi connectivity index (χ4v) is 4.04. The van der Waals surface area contributed by atoms with Crippen LogP contribution in [0.15, 0.2) is 77.7 Å². The molecule has 0 aromatic heterocycles. The summed E-state index contributed by atoms with van der Waals surface area (Å²) in [7, 11) is -2.17.